The molecule has 78 valence electrons. The van der Waals surface area contributed by atoms with Gasteiger partial charge in [0.05, 0.1) is 0 Å². The molecule has 0 aromatic heterocycles. The van der Waals surface area contributed by atoms with Crippen LogP contribution in [0.2, 0.25) is 0 Å². The van der Waals surface area contributed by atoms with Crippen molar-refractivity contribution in [1.82, 2.24) is 0 Å². The highest BCUT2D eigenvalue weighted by molar-refractivity contribution is 5.18. The van der Waals surface area contributed by atoms with Crippen LogP contribution in [0.5, 0.6) is 0 Å². The lowest BCUT2D eigenvalue weighted by atomic mass is 9.92. The summed E-state index contributed by atoms with van der Waals surface area (Å²) in [6.45, 7) is 4.48. The Morgan fingerprint density at radius 2 is 1.64 bits per heavy atom. The number of rotatable bonds is 5. The van der Waals surface area contributed by atoms with Gasteiger partial charge in [-0.15, -0.1) is 0 Å². The number of hydrogen-bond acceptors (Lipinski definition) is 1. The standard InChI is InChI=1S/C13H21N/c1-3-11(4-2)10-13(14)12-8-6-5-7-9-12/h5-9,11,13H,3-4,10,14H2,1-2H3. The molecule has 1 atom stereocenters. The van der Waals surface area contributed by atoms with Crippen molar-refractivity contribution in [3.05, 3.63) is 35.9 Å². The molecule has 0 aliphatic carbocycles. The van der Waals surface area contributed by atoms with E-state index in [0.29, 0.717) is 0 Å². The van der Waals surface area contributed by atoms with Crippen LogP contribution < -0.4 is 5.73 Å². The second kappa shape index (κ2) is 5.82. The Labute approximate surface area is 87.3 Å². The third-order valence-corrected chi connectivity index (χ3v) is 2.97. The zero-order chi connectivity index (χ0) is 10.4. The van der Waals surface area contributed by atoms with Gasteiger partial charge >= 0.3 is 0 Å². The second-order valence-electron chi connectivity index (χ2n) is 3.94. The molecule has 1 heteroatoms. The molecule has 0 amide bonds. The lowest BCUT2D eigenvalue weighted by molar-refractivity contribution is 0.414. The quantitative estimate of drug-likeness (QED) is 0.757. The average Bonchev–Trinajstić information content (AvgIpc) is 2.26. The molecule has 1 aromatic carbocycles. The van der Waals surface area contributed by atoms with E-state index in [-0.39, 0.29) is 6.04 Å². The van der Waals surface area contributed by atoms with Gasteiger partial charge in [0.15, 0.2) is 0 Å². The summed E-state index contributed by atoms with van der Waals surface area (Å²) >= 11 is 0. The van der Waals surface area contributed by atoms with Crippen molar-refractivity contribution >= 4 is 0 Å². The van der Waals surface area contributed by atoms with E-state index in [9.17, 15) is 0 Å². The Morgan fingerprint density at radius 1 is 1.07 bits per heavy atom. The Morgan fingerprint density at radius 3 is 2.14 bits per heavy atom. The van der Waals surface area contributed by atoms with Gasteiger partial charge in [0, 0.05) is 6.04 Å². The minimum absolute atomic E-state index is 0.209. The fraction of sp³-hybridized carbons (Fsp3) is 0.538. The highest BCUT2D eigenvalue weighted by atomic mass is 14.6. The zero-order valence-corrected chi connectivity index (χ0v) is 9.24. The molecule has 1 unspecified atom stereocenters. The van der Waals surface area contributed by atoms with Crippen LogP contribution in [0.4, 0.5) is 0 Å². The van der Waals surface area contributed by atoms with Crippen molar-refractivity contribution in [2.24, 2.45) is 11.7 Å². The van der Waals surface area contributed by atoms with Crippen LogP contribution in [0, 0.1) is 5.92 Å². The van der Waals surface area contributed by atoms with Crippen molar-refractivity contribution < 1.29 is 0 Å². The van der Waals surface area contributed by atoms with Crippen LogP contribution >= 0.6 is 0 Å². The van der Waals surface area contributed by atoms with Crippen molar-refractivity contribution in [3.63, 3.8) is 0 Å². The Hall–Kier alpha value is -0.820. The van der Waals surface area contributed by atoms with Crippen LogP contribution in [-0.4, -0.2) is 0 Å². The van der Waals surface area contributed by atoms with Crippen molar-refractivity contribution in [3.8, 4) is 0 Å². The highest BCUT2D eigenvalue weighted by Crippen LogP contribution is 2.22. The van der Waals surface area contributed by atoms with Gasteiger partial charge in [0.25, 0.3) is 0 Å². The minimum atomic E-state index is 0.209. The fourth-order valence-corrected chi connectivity index (χ4v) is 1.82. The van der Waals surface area contributed by atoms with Gasteiger partial charge in [-0.25, -0.2) is 0 Å². The Kier molecular flexibility index (Phi) is 4.68. The summed E-state index contributed by atoms with van der Waals surface area (Å²) in [5, 5.41) is 0. The maximum absolute atomic E-state index is 6.15. The molecule has 1 aromatic rings. The van der Waals surface area contributed by atoms with Crippen molar-refractivity contribution in [1.29, 1.82) is 0 Å². The average molecular weight is 191 g/mol. The molecule has 14 heavy (non-hydrogen) atoms. The van der Waals surface area contributed by atoms with Crippen LogP contribution in [0.25, 0.3) is 0 Å². The predicted molar refractivity (Wildman–Crippen MR) is 62.1 cm³/mol. The van der Waals surface area contributed by atoms with E-state index in [1.54, 1.807) is 0 Å². The van der Waals surface area contributed by atoms with Gasteiger partial charge in [-0.2, -0.15) is 0 Å². The van der Waals surface area contributed by atoms with Crippen LogP contribution in [0.1, 0.15) is 44.7 Å². The molecule has 2 N–H and O–H groups in total. The zero-order valence-electron chi connectivity index (χ0n) is 9.24. The van der Waals surface area contributed by atoms with Crippen LogP contribution in [-0.2, 0) is 0 Å². The largest absolute Gasteiger partial charge is 0.324 e. The number of benzene rings is 1. The smallest absolute Gasteiger partial charge is 0.0297 e. The summed E-state index contributed by atoms with van der Waals surface area (Å²) in [6, 6.07) is 10.6. The van der Waals surface area contributed by atoms with Crippen molar-refractivity contribution in [2.45, 2.75) is 39.2 Å². The fourth-order valence-electron chi connectivity index (χ4n) is 1.82. The summed E-state index contributed by atoms with van der Waals surface area (Å²) in [5.74, 6) is 0.769. The number of hydrogen-bond donors (Lipinski definition) is 1. The first-order chi connectivity index (χ1) is 6.77. The van der Waals surface area contributed by atoms with Crippen LogP contribution in [0.15, 0.2) is 30.3 Å². The molecule has 0 bridgehead atoms. The molecule has 0 heterocycles. The first kappa shape index (κ1) is 11.3. The predicted octanol–water partition coefficient (Wildman–Crippen LogP) is 3.51. The molecular weight excluding hydrogens is 170 g/mol. The highest BCUT2D eigenvalue weighted by Gasteiger charge is 2.11. The Bertz CT molecular complexity index is 239. The van der Waals surface area contributed by atoms with Crippen LogP contribution in [0.3, 0.4) is 0 Å². The molecule has 0 saturated carbocycles. The topological polar surface area (TPSA) is 26.0 Å². The van der Waals surface area contributed by atoms with Gasteiger partial charge in [-0.3, -0.25) is 0 Å². The first-order valence-corrected chi connectivity index (χ1v) is 5.58. The van der Waals surface area contributed by atoms with Gasteiger partial charge in [0.1, 0.15) is 0 Å². The Balaban J connectivity index is 2.54. The van der Waals surface area contributed by atoms with Gasteiger partial charge in [-0.1, -0.05) is 57.0 Å². The summed E-state index contributed by atoms with van der Waals surface area (Å²) < 4.78 is 0. The van der Waals surface area contributed by atoms with Crippen molar-refractivity contribution in [2.75, 3.05) is 0 Å². The normalized spacial score (nSPS) is 13.1. The SMILES string of the molecule is CCC(CC)CC(N)c1ccccc1. The molecule has 0 aliphatic heterocycles. The maximum atomic E-state index is 6.15. The van der Waals surface area contributed by atoms with E-state index in [1.807, 2.05) is 6.07 Å². The monoisotopic (exact) mass is 191 g/mol. The maximum Gasteiger partial charge on any atom is 0.0297 e. The summed E-state index contributed by atoms with van der Waals surface area (Å²) in [4.78, 5) is 0. The van der Waals surface area contributed by atoms with E-state index in [0.717, 1.165) is 12.3 Å². The minimum Gasteiger partial charge on any atom is -0.324 e. The first-order valence-electron chi connectivity index (χ1n) is 5.58. The van der Waals surface area contributed by atoms with E-state index >= 15 is 0 Å². The molecule has 0 aliphatic rings. The molecule has 0 fully saturated rings. The van der Waals surface area contributed by atoms with E-state index < -0.39 is 0 Å². The number of nitrogens with two attached hydrogens (primary N) is 1. The lowest BCUT2D eigenvalue weighted by Gasteiger charge is -2.18. The molecule has 1 rings (SSSR count). The summed E-state index contributed by atoms with van der Waals surface area (Å²) in [7, 11) is 0. The van der Waals surface area contributed by atoms with E-state index in [1.165, 1.54) is 18.4 Å². The molecule has 1 nitrogen and oxygen atoms in total. The molecule has 0 spiro atoms. The second-order valence-corrected chi connectivity index (χ2v) is 3.94. The lowest BCUT2D eigenvalue weighted by Crippen LogP contribution is -2.14. The summed E-state index contributed by atoms with van der Waals surface area (Å²) in [6.07, 6.45) is 3.57. The van der Waals surface area contributed by atoms with E-state index in [2.05, 4.69) is 38.1 Å². The summed E-state index contributed by atoms with van der Waals surface area (Å²) in [5.41, 5.74) is 7.41. The molecular formula is C13H21N. The molecule has 0 radical (unpaired) electrons. The van der Waals surface area contributed by atoms with Gasteiger partial charge in [0.2, 0.25) is 0 Å². The van der Waals surface area contributed by atoms with Gasteiger partial charge in [-0.05, 0) is 17.9 Å². The van der Waals surface area contributed by atoms with Gasteiger partial charge < -0.3 is 5.73 Å². The molecule has 0 saturated heterocycles. The third kappa shape index (κ3) is 3.15. The third-order valence-electron chi connectivity index (χ3n) is 2.97. The van der Waals surface area contributed by atoms with E-state index in [4.69, 9.17) is 5.73 Å².